The molecule has 1 aliphatic heterocycles. The van der Waals surface area contributed by atoms with Crippen LogP contribution in [0.3, 0.4) is 0 Å². The van der Waals surface area contributed by atoms with Crippen molar-refractivity contribution in [3.63, 3.8) is 0 Å². The first-order valence-electron chi connectivity index (χ1n) is 9.44. The molecule has 0 spiro atoms. The molecule has 27 heavy (non-hydrogen) atoms. The Labute approximate surface area is 168 Å². The van der Waals surface area contributed by atoms with E-state index in [0.29, 0.717) is 36.1 Å². The molecular formula is C20H33ClN2O4. The minimum absolute atomic E-state index is 0. The maximum Gasteiger partial charge on any atom is 0.223 e. The van der Waals surface area contributed by atoms with Gasteiger partial charge in [0.15, 0.2) is 11.5 Å². The monoisotopic (exact) mass is 400 g/mol. The highest BCUT2D eigenvalue weighted by Gasteiger charge is 2.25. The number of ether oxygens (including phenoxy) is 3. The molecule has 2 rings (SSSR count). The number of piperidine rings is 1. The SMILES string of the molecule is CCCN(C(=O)CCc1ccc(OC)c(OC)c1OC)C1CCNCC1.Cl. The van der Waals surface area contributed by atoms with E-state index in [4.69, 9.17) is 14.2 Å². The van der Waals surface area contributed by atoms with E-state index >= 15 is 0 Å². The fraction of sp³-hybridized carbons (Fsp3) is 0.650. The Morgan fingerprint density at radius 1 is 1.11 bits per heavy atom. The molecule has 0 saturated carbocycles. The van der Waals surface area contributed by atoms with Crippen molar-refractivity contribution in [2.75, 3.05) is 41.0 Å². The number of nitrogens with one attached hydrogen (secondary N) is 1. The van der Waals surface area contributed by atoms with E-state index in [-0.39, 0.29) is 18.3 Å². The molecule has 1 aromatic carbocycles. The number of nitrogens with zero attached hydrogens (tertiary/aromatic N) is 1. The van der Waals surface area contributed by atoms with Crippen molar-refractivity contribution in [2.45, 2.75) is 45.1 Å². The summed E-state index contributed by atoms with van der Waals surface area (Å²) in [6.07, 6.45) is 4.13. The second-order valence-corrected chi connectivity index (χ2v) is 6.56. The molecule has 1 heterocycles. The van der Waals surface area contributed by atoms with Crippen molar-refractivity contribution in [1.29, 1.82) is 0 Å². The molecule has 1 fully saturated rings. The van der Waals surface area contributed by atoms with Crippen LogP contribution >= 0.6 is 12.4 Å². The van der Waals surface area contributed by atoms with Crippen molar-refractivity contribution in [3.05, 3.63) is 17.7 Å². The zero-order valence-electron chi connectivity index (χ0n) is 16.9. The fourth-order valence-electron chi connectivity index (χ4n) is 3.62. The van der Waals surface area contributed by atoms with Gasteiger partial charge in [-0.2, -0.15) is 0 Å². The number of halogens is 1. The summed E-state index contributed by atoms with van der Waals surface area (Å²) in [6.45, 7) is 4.93. The molecule has 1 N–H and O–H groups in total. The summed E-state index contributed by atoms with van der Waals surface area (Å²) in [7, 11) is 4.80. The summed E-state index contributed by atoms with van der Waals surface area (Å²) < 4.78 is 16.3. The molecule has 0 atom stereocenters. The van der Waals surface area contributed by atoms with Crippen LogP contribution in [0.5, 0.6) is 17.2 Å². The van der Waals surface area contributed by atoms with E-state index in [1.807, 2.05) is 12.1 Å². The first kappa shape index (κ1) is 23.4. The molecule has 154 valence electrons. The zero-order chi connectivity index (χ0) is 18.9. The maximum absolute atomic E-state index is 12.9. The second-order valence-electron chi connectivity index (χ2n) is 6.56. The van der Waals surface area contributed by atoms with E-state index < -0.39 is 0 Å². The topological polar surface area (TPSA) is 60.0 Å². The molecule has 1 amide bonds. The number of carbonyl (C=O) groups excluding carboxylic acids is 1. The summed E-state index contributed by atoms with van der Waals surface area (Å²) >= 11 is 0. The number of carbonyl (C=O) groups is 1. The van der Waals surface area contributed by atoms with Gasteiger partial charge in [0.25, 0.3) is 0 Å². The summed E-state index contributed by atoms with van der Waals surface area (Å²) in [5.74, 6) is 2.06. The van der Waals surface area contributed by atoms with Crippen LogP contribution in [0.1, 0.15) is 38.2 Å². The van der Waals surface area contributed by atoms with Gasteiger partial charge in [-0.25, -0.2) is 0 Å². The number of hydrogen-bond donors (Lipinski definition) is 1. The minimum Gasteiger partial charge on any atom is -0.493 e. The Hall–Kier alpha value is -1.66. The molecule has 1 aromatic rings. The lowest BCUT2D eigenvalue weighted by atomic mass is 10.0. The van der Waals surface area contributed by atoms with Gasteiger partial charge in [0.05, 0.1) is 21.3 Å². The molecule has 0 aliphatic carbocycles. The number of aryl methyl sites for hydroxylation is 1. The summed E-state index contributed by atoms with van der Waals surface area (Å²) in [6, 6.07) is 4.16. The summed E-state index contributed by atoms with van der Waals surface area (Å²) in [4.78, 5) is 15.0. The van der Waals surface area contributed by atoms with Gasteiger partial charge < -0.3 is 24.4 Å². The van der Waals surface area contributed by atoms with Gasteiger partial charge in [0.2, 0.25) is 11.7 Å². The van der Waals surface area contributed by atoms with E-state index in [9.17, 15) is 4.79 Å². The third-order valence-electron chi connectivity index (χ3n) is 4.93. The van der Waals surface area contributed by atoms with E-state index in [1.54, 1.807) is 21.3 Å². The predicted molar refractivity (Wildman–Crippen MR) is 110 cm³/mol. The zero-order valence-corrected chi connectivity index (χ0v) is 17.7. The quantitative estimate of drug-likeness (QED) is 0.690. The molecule has 6 nitrogen and oxygen atoms in total. The molecular weight excluding hydrogens is 368 g/mol. The molecule has 0 unspecified atom stereocenters. The van der Waals surface area contributed by atoms with Gasteiger partial charge in [-0.05, 0) is 50.4 Å². The number of benzene rings is 1. The Morgan fingerprint density at radius 2 is 1.78 bits per heavy atom. The standard InChI is InChI=1S/C20H32N2O4.ClH/c1-5-14-22(16-10-12-21-13-11-16)18(23)9-7-15-6-8-17(24-2)20(26-4)19(15)25-3;/h6,8,16,21H,5,7,9-14H2,1-4H3;1H. The van der Waals surface area contributed by atoms with Gasteiger partial charge in [0.1, 0.15) is 0 Å². The van der Waals surface area contributed by atoms with Crippen LogP contribution in [-0.2, 0) is 11.2 Å². The Balaban J connectivity index is 0.00000364. The lowest BCUT2D eigenvalue weighted by Gasteiger charge is -2.34. The lowest BCUT2D eigenvalue weighted by molar-refractivity contribution is -0.134. The third kappa shape index (κ3) is 5.91. The van der Waals surface area contributed by atoms with Crippen molar-refractivity contribution >= 4 is 18.3 Å². The maximum atomic E-state index is 12.9. The number of methoxy groups -OCH3 is 3. The molecule has 1 saturated heterocycles. The normalized spacial score (nSPS) is 14.2. The van der Waals surface area contributed by atoms with Gasteiger partial charge >= 0.3 is 0 Å². The van der Waals surface area contributed by atoms with E-state index in [1.165, 1.54) is 0 Å². The molecule has 0 bridgehead atoms. The fourth-order valence-corrected chi connectivity index (χ4v) is 3.62. The first-order valence-corrected chi connectivity index (χ1v) is 9.44. The molecule has 0 radical (unpaired) electrons. The van der Waals surface area contributed by atoms with Gasteiger partial charge in [0, 0.05) is 19.0 Å². The molecule has 7 heteroatoms. The molecule has 0 aromatic heterocycles. The van der Waals surface area contributed by atoms with Gasteiger partial charge in [-0.1, -0.05) is 13.0 Å². The highest BCUT2D eigenvalue weighted by Crippen LogP contribution is 2.40. The third-order valence-corrected chi connectivity index (χ3v) is 4.93. The summed E-state index contributed by atoms with van der Waals surface area (Å²) in [5.41, 5.74) is 0.959. The Kier molecular flexibility index (Phi) is 10.3. The Bertz CT molecular complexity index is 592. The van der Waals surface area contributed by atoms with Crippen molar-refractivity contribution < 1.29 is 19.0 Å². The lowest BCUT2D eigenvalue weighted by Crippen LogP contribution is -2.46. The summed E-state index contributed by atoms with van der Waals surface area (Å²) in [5, 5.41) is 3.37. The van der Waals surface area contributed by atoms with Crippen LogP contribution in [0.2, 0.25) is 0 Å². The van der Waals surface area contributed by atoms with Gasteiger partial charge in [-0.15, -0.1) is 12.4 Å². The number of hydrogen-bond acceptors (Lipinski definition) is 5. The smallest absolute Gasteiger partial charge is 0.223 e. The van der Waals surface area contributed by atoms with Crippen molar-refractivity contribution in [1.82, 2.24) is 10.2 Å². The van der Waals surface area contributed by atoms with Crippen molar-refractivity contribution in [3.8, 4) is 17.2 Å². The van der Waals surface area contributed by atoms with E-state index in [2.05, 4.69) is 17.1 Å². The van der Waals surface area contributed by atoms with Crippen LogP contribution in [0.15, 0.2) is 12.1 Å². The highest BCUT2D eigenvalue weighted by atomic mass is 35.5. The van der Waals surface area contributed by atoms with Gasteiger partial charge in [-0.3, -0.25) is 4.79 Å². The van der Waals surface area contributed by atoms with E-state index in [0.717, 1.165) is 44.5 Å². The Morgan fingerprint density at radius 3 is 2.33 bits per heavy atom. The van der Waals surface area contributed by atoms with Crippen LogP contribution in [-0.4, -0.2) is 57.8 Å². The van der Waals surface area contributed by atoms with Crippen LogP contribution in [0, 0.1) is 0 Å². The van der Waals surface area contributed by atoms with Crippen molar-refractivity contribution in [2.24, 2.45) is 0 Å². The largest absolute Gasteiger partial charge is 0.493 e. The van der Waals surface area contributed by atoms with Crippen LogP contribution < -0.4 is 19.5 Å². The molecule has 1 aliphatic rings. The minimum atomic E-state index is 0. The second kappa shape index (κ2) is 11.9. The first-order chi connectivity index (χ1) is 12.7. The predicted octanol–water partition coefficient (Wildman–Crippen LogP) is 3.06. The van der Waals surface area contributed by atoms with Crippen LogP contribution in [0.4, 0.5) is 0 Å². The van der Waals surface area contributed by atoms with Crippen LogP contribution in [0.25, 0.3) is 0 Å². The average molecular weight is 401 g/mol. The number of amides is 1. The number of rotatable bonds is 9. The highest BCUT2D eigenvalue weighted by molar-refractivity contribution is 5.85. The average Bonchev–Trinajstić information content (AvgIpc) is 2.69.